The first kappa shape index (κ1) is 20.4. The summed E-state index contributed by atoms with van der Waals surface area (Å²) >= 11 is 12.0. The van der Waals surface area contributed by atoms with Crippen molar-refractivity contribution < 1.29 is 22.7 Å². The van der Waals surface area contributed by atoms with Crippen LogP contribution in [0.2, 0.25) is 10.0 Å². The van der Waals surface area contributed by atoms with Crippen LogP contribution >= 0.6 is 23.2 Å². The van der Waals surface area contributed by atoms with E-state index in [1.54, 1.807) is 18.2 Å². The number of hydrogen-bond acceptors (Lipinski definition) is 5. The number of carbonyl (C=O) groups is 1. The van der Waals surface area contributed by atoms with Gasteiger partial charge in [-0.1, -0.05) is 29.3 Å². The lowest BCUT2D eigenvalue weighted by Crippen LogP contribution is -2.10. The van der Waals surface area contributed by atoms with Gasteiger partial charge in [0, 0.05) is 5.56 Å². The van der Waals surface area contributed by atoms with Gasteiger partial charge in [-0.15, -0.1) is 5.10 Å². The van der Waals surface area contributed by atoms with Crippen molar-refractivity contribution in [2.75, 3.05) is 7.11 Å². The topological polar surface area (TPSA) is 69.4 Å². The molecule has 0 radical (unpaired) electrons. The molecule has 0 unspecified atom stereocenters. The van der Waals surface area contributed by atoms with Gasteiger partial charge in [-0.05, 0) is 36.8 Å². The highest BCUT2D eigenvalue weighted by atomic mass is 35.5. The van der Waals surface area contributed by atoms with Gasteiger partial charge >= 0.3 is 12.1 Å². The summed E-state index contributed by atoms with van der Waals surface area (Å²) in [6.45, 7) is 1.49. The molecule has 0 bridgehead atoms. The number of halogens is 5. The number of fused-ring (bicyclic) bond motifs is 3. The smallest absolute Gasteiger partial charge is 0.433 e. The molecule has 3 heterocycles. The molecule has 0 aliphatic rings. The van der Waals surface area contributed by atoms with Gasteiger partial charge in [0.15, 0.2) is 17.0 Å². The van der Waals surface area contributed by atoms with Gasteiger partial charge in [0.2, 0.25) is 0 Å². The van der Waals surface area contributed by atoms with E-state index >= 15 is 0 Å². The number of hydrogen-bond donors (Lipinski definition) is 0. The van der Waals surface area contributed by atoms with Crippen molar-refractivity contribution in [3.05, 3.63) is 57.3 Å². The molecule has 30 heavy (non-hydrogen) atoms. The highest BCUT2D eigenvalue weighted by Crippen LogP contribution is 2.33. The summed E-state index contributed by atoms with van der Waals surface area (Å²) in [4.78, 5) is 20.5. The number of benzene rings is 1. The van der Waals surface area contributed by atoms with E-state index in [1.165, 1.54) is 20.1 Å². The Labute approximate surface area is 177 Å². The molecule has 11 heteroatoms. The summed E-state index contributed by atoms with van der Waals surface area (Å²) in [7, 11) is 1.18. The molecule has 0 aliphatic carbocycles. The van der Waals surface area contributed by atoms with Crippen molar-refractivity contribution >= 4 is 45.9 Å². The minimum atomic E-state index is -4.64. The van der Waals surface area contributed by atoms with E-state index in [0.717, 1.165) is 10.6 Å². The maximum Gasteiger partial charge on any atom is 0.433 e. The predicted octanol–water partition coefficient (Wildman–Crippen LogP) is 5.37. The number of alkyl halides is 3. The third-order valence-electron chi connectivity index (χ3n) is 4.44. The normalized spacial score (nSPS) is 12.0. The Balaban J connectivity index is 2.08. The number of nitrogens with zero attached hydrogens (tertiary/aromatic N) is 4. The summed E-state index contributed by atoms with van der Waals surface area (Å²) in [5.74, 6) is -0.745. The highest BCUT2D eigenvalue weighted by molar-refractivity contribution is 6.42. The van der Waals surface area contributed by atoms with Crippen molar-refractivity contribution in [2.45, 2.75) is 13.1 Å². The zero-order valence-electron chi connectivity index (χ0n) is 15.4. The van der Waals surface area contributed by atoms with E-state index in [2.05, 4.69) is 15.1 Å². The SMILES string of the molecule is COC(=O)c1cc(-c2ccc(Cl)c(Cl)c2)nc2c3c(C)cc(C(F)(F)F)nc3nn12. The number of ether oxygens (including phenoxy) is 1. The van der Waals surface area contributed by atoms with Crippen molar-refractivity contribution in [1.29, 1.82) is 0 Å². The molecule has 6 nitrogen and oxygen atoms in total. The lowest BCUT2D eigenvalue weighted by Gasteiger charge is -2.08. The number of aryl methyl sites for hydroxylation is 1. The lowest BCUT2D eigenvalue weighted by molar-refractivity contribution is -0.141. The van der Waals surface area contributed by atoms with Gasteiger partial charge in [-0.3, -0.25) is 0 Å². The Kier molecular flexibility index (Phi) is 4.82. The number of rotatable bonds is 2. The minimum Gasteiger partial charge on any atom is -0.464 e. The second-order valence-corrected chi connectivity index (χ2v) is 7.22. The van der Waals surface area contributed by atoms with Crippen LogP contribution in [-0.2, 0) is 10.9 Å². The van der Waals surface area contributed by atoms with Crippen LogP contribution < -0.4 is 0 Å². The molecule has 0 N–H and O–H groups in total. The third-order valence-corrected chi connectivity index (χ3v) is 5.18. The maximum absolute atomic E-state index is 13.2. The van der Waals surface area contributed by atoms with Crippen molar-refractivity contribution in [1.82, 2.24) is 19.6 Å². The second kappa shape index (κ2) is 7.10. The van der Waals surface area contributed by atoms with Crippen LogP contribution in [0.5, 0.6) is 0 Å². The van der Waals surface area contributed by atoms with E-state index in [0.29, 0.717) is 16.3 Å². The van der Waals surface area contributed by atoms with Crippen LogP contribution in [0.3, 0.4) is 0 Å². The molecule has 3 aromatic heterocycles. The summed E-state index contributed by atoms with van der Waals surface area (Å²) < 4.78 is 45.4. The fraction of sp³-hybridized carbons (Fsp3) is 0.158. The number of carbonyl (C=O) groups excluding carboxylic acids is 1. The number of methoxy groups -OCH3 is 1. The van der Waals surface area contributed by atoms with Gasteiger partial charge in [0.1, 0.15) is 5.69 Å². The van der Waals surface area contributed by atoms with Crippen LogP contribution in [0.4, 0.5) is 13.2 Å². The molecule has 1 aromatic carbocycles. The highest BCUT2D eigenvalue weighted by Gasteiger charge is 2.34. The second-order valence-electron chi connectivity index (χ2n) is 6.40. The lowest BCUT2D eigenvalue weighted by atomic mass is 10.1. The first-order valence-electron chi connectivity index (χ1n) is 8.42. The Morgan fingerprint density at radius 2 is 1.83 bits per heavy atom. The largest absolute Gasteiger partial charge is 0.464 e. The van der Waals surface area contributed by atoms with Crippen LogP contribution in [0, 0.1) is 6.92 Å². The molecule has 0 aliphatic heterocycles. The van der Waals surface area contributed by atoms with E-state index in [-0.39, 0.29) is 33.0 Å². The van der Waals surface area contributed by atoms with Crippen LogP contribution in [0.25, 0.3) is 27.9 Å². The summed E-state index contributed by atoms with van der Waals surface area (Å²) in [6, 6.07) is 7.11. The molecule has 0 atom stereocenters. The molecular weight excluding hydrogens is 444 g/mol. The van der Waals surface area contributed by atoms with E-state index in [1.807, 2.05) is 0 Å². The minimum absolute atomic E-state index is 0.0328. The molecule has 4 rings (SSSR count). The summed E-state index contributed by atoms with van der Waals surface area (Å²) in [5.41, 5.74) is -0.00264. The Bertz CT molecular complexity index is 1340. The number of esters is 1. The van der Waals surface area contributed by atoms with E-state index < -0.39 is 17.8 Å². The van der Waals surface area contributed by atoms with E-state index in [4.69, 9.17) is 27.9 Å². The maximum atomic E-state index is 13.2. The molecule has 0 amide bonds. The molecule has 0 spiro atoms. The fourth-order valence-electron chi connectivity index (χ4n) is 3.06. The van der Waals surface area contributed by atoms with Gasteiger partial charge in [0.05, 0.1) is 28.2 Å². The van der Waals surface area contributed by atoms with Crippen molar-refractivity contribution in [3.8, 4) is 11.3 Å². The van der Waals surface area contributed by atoms with Crippen molar-refractivity contribution in [2.24, 2.45) is 0 Å². The number of pyridine rings is 1. The Hall–Kier alpha value is -2.91. The monoisotopic (exact) mass is 454 g/mol. The average Bonchev–Trinajstić information content (AvgIpc) is 3.07. The average molecular weight is 455 g/mol. The first-order valence-corrected chi connectivity index (χ1v) is 9.18. The van der Waals surface area contributed by atoms with Gasteiger partial charge in [0.25, 0.3) is 0 Å². The number of aromatic nitrogens is 4. The quantitative estimate of drug-likeness (QED) is 0.381. The van der Waals surface area contributed by atoms with Crippen molar-refractivity contribution in [3.63, 3.8) is 0 Å². The Morgan fingerprint density at radius 3 is 2.47 bits per heavy atom. The van der Waals surface area contributed by atoms with E-state index in [9.17, 15) is 18.0 Å². The molecule has 154 valence electrons. The molecule has 0 fully saturated rings. The van der Waals surface area contributed by atoms with Gasteiger partial charge in [-0.2, -0.15) is 13.2 Å². The standard InChI is InChI=1S/C19H11Cl2F3N4O2/c1-8-5-14(19(22,23)24)26-16-15(8)17-25-12(9-3-4-10(20)11(21)6-9)7-13(18(29)30-2)28(17)27-16/h3-7H,1-2H3. The third kappa shape index (κ3) is 3.33. The molecule has 0 saturated heterocycles. The van der Waals surface area contributed by atoms with Gasteiger partial charge in [-0.25, -0.2) is 19.3 Å². The molecule has 4 aromatic rings. The summed E-state index contributed by atoms with van der Waals surface area (Å²) in [6.07, 6.45) is -4.64. The summed E-state index contributed by atoms with van der Waals surface area (Å²) in [5, 5.41) is 4.98. The zero-order valence-corrected chi connectivity index (χ0v) is 16.9. The Morgan fingerprint density at radius 1 is 1.10 bits per heavy atom. The molecule has 0 saturated carbocycles. The first-order chi connectivity index (χ1) is 14.1. The van der Waals surface area contributed by atoms with Gasteiger partial charge < -0.3 is 4.74 Å². The fourth-order valence-corrected chi connectivity index (χ4v) is 3.36. The van der Waals surface area contributed by atoms with Crippen LogP contribution in [0.15, 0.2) is 30.3 Å². The van der Waals surface area contributed by atoms with Crippen LogP contribution in [-0.4, -0.2) is 32.7 Å². The zero-order chi connectivity index (χ0) is 21.8. The predicted molar refractivity (Wildman–Crippen MR) is 105 cm³/mol. The molecular formula is C19H11Cl2F3N4O2. The van der Waals surface area contributed by atoms with Crippen LogP contribution in [0.1, 0.15) is 21.7 Å².